The van der Waals surface area contributed by atoms with Gasteiger partial charge < -0.3 is 20.1 Å². The Bertz CT molecular complexity index is 664. The Morgan fingerprint density at radius 3 is 2.59 bits per heavy atom. The van der Waals surface area contributed by atoms with Crippen molar-refractivity contribution in [2.45, 2.75) is 58.1 Å². The van der Waals surface area contributed by atoms with Gasteiger partial charge in [-0.25, -0.2) is 0 Å². The molecule has 1 saturated carbocycles. The van der Waals surface area contributed by atoms with Crippen LogP contribution >= 0.6 is 0 Å². The lowest BCUT2D eigenvalue weighted by molar-refractivity contribution is -0.124. The number of ether oxygens (including phenoxy) is 2. The van der Waals surface area contributed by atoms with Crippen LogP contribution in [0.25, 0.3) is 6.08 Å². The molecule has 1 fully saturated rings. The highest BCUT2D eigenvalue weighted by molar-refractivity contribution is 5.94. The summed E-state index contributed by atoms with van der Waals surface area (Å²) in [5, 5.41) is 5.59. The van der Waals surface area contributed by atoms with Crippen molar-refractivity contribution in [2.24, 2.45) is 0 Å². The summed E-state index contributed by atoms with van der Waals surface area (Å²) in [5.41, 5.74) is 0.810. The van der Waals surface area contributed by atoms with E-state index in [0.717, 1.165) is 31.2 Å². The molecule has 0 saturated heterocycles. The van der Waals surface area contributed by atoms with E-state index in [4.69, 9.17) is 9.47 Å². The fraction of sp³-hybridized carbons (Fsp3) is 0.524. The van der Waals surface area contributed by atoms with Crippen LogP contribution in [0.4, 0.5) is 0 Å². The highest BCUT2D eigenvalue weighted by Gasteiger charge is 2.15. The molecule has 0 bridgehead atoms. The molecular formula is C21H30N2O4. The van der Waals surface area contributed by atoms with Crippen LogP contribution in [-0.4, -0.2) is 37.6 Å². The number of hydrogen-bond donors (Lipinski definition) is 2. The molecule has 0 heterocycles. The van der Waals surface area contributed by atoms with Gasteiger partial charge in [-0.2, -0.15) is 0 Å². The number of rotatable bonds is 8. The largest absolute Gasteiger partial charge is 0.493 e. The number of carbonyl (C=O) groups excluding carboxylic acids is 2. The molecule has 148 valence electrons. The van der Waals surface area contributed by atoms with E-state index in [0.29, 0.717) is 11.5 Å². The number of nitrogens with one attached hydrogen (secondary N) is 2. The van der Waals surface area contributed by atoms with Crippen LogP contribution in [0.15, 0.2) is 24.3 Å². The Balaban J connectivity index is 1.82. The predicted molar refractivity (Wildman–Crippen MR) is 106 cm³/mol. The molecule has 0 atom stereocenters. The van der Waals surface area contributed by atoms with Crippen LogP contribution in [0.1, 0.15) is 51.5 Å². The van der Waals surface area contributed by atoms with E-state index in [-0.39, 0.29) is 30.5 Å². The monoisotopic (exact) mass is 374 g/mol. The Hall–Kier alpha value is -2.50. The second-order valence-corrected chi connectivity index (χ2v) is 7.03. The third-order valence-electron chi connectivity index (χ3n) is 4.37. The third-order valence-corrected chi connectivity index (χ3v) is 4.37. The van der Waals surface area contributed by atoms with Gasteiger partial charge in [-0.3, -0.25) is 9.59 Å². The van der Waals surface area contributed by atoms with Crippen molar-refractivity contribution in [3.8, 4) is 11.5 Å². The first kappa shape index (κ1) is 20.8. The van der Waals surface area contributed by atoms with E-state index in [2.05, 4.69) is 10.6 Å². The maximum atomic E-state index is 11.9. The number of hydrogen-bond acceptors (Lipinski definition) is 4. The average molecular weight is 374 g/mol. The summed E-state index contributed by atoms with van der Waals surface area (Å²) < 4.78 is 11.0. The van der Waals surface area contributed by atoms with Crippen molar-refractivity contribution >= 4 is 17.9 Å². The molecule has 0 aliphatic heterocycles. The maximum Gasteiger partial charge on any atom is 0.244 e. The molecule has 1 aromatic rings. The van der Waals surface area contributed by atoms with Crippen LogP contribution in [0.5, 0.6) is 11.5 Å². The lowest BCUT2D eigenvalue weighted by Crippen LogP contribution is -2.42. The Morgan fingerprint density at radius 1 is 1.19 bits per heavy atom. The van der Waals surface area contributed by atoms with Gasteiger partial charge in [0.2, 0.25) is 11.8 Å². The van der Waals surface area contributed by atoms with E-state index < -0.39 is 0 Å². The second kappa shape index (κ2) is 10.6. The number of benzene rings is 1. The minimum Gasteiger partial charge on any atom is -0.493 e. The Labute approximate surface area is 161 Å². The predicted octanol–water partition coefficient (Wildman–Crippen LogP) is 3.06. The van der Waals surface area contributed by atoms with Crippen LogP contribution in [0.2, 0.25) is 0 Å². The zero-order chi connectivity index (χ0) is 19.6. The summed E-state index contributed by atoms with van der Waals surface area (Å²) in [6.07, 6.45) is 8.74. The van der Waals surface area contributed by atoms with Gasteiger partial charge in [0.1, 0.15) is 0 Å². The van der Waals surface area contributed by atoms with Gasteiger partial charge in [0.15, 0.2) is 11.5 Å². The third kappa shape index (κ3) is 7.33. The lowest BCUT2D eigenvalue weighted by Gasteiger charge is -2.22. The van der Waals surface area contributed by atoms with E-state index in [9.17, 15) is 9.59 Å². The van der Waals surface area contributed by atoms with Crippen LogP contribution in [0.3, 0.4) is 0 Å². The lowest BCUT2D eigenvalue weighted by atomic mass is 9.95. The molecule has 27 heavy (non-hydrogen) atoms. The molecule has 0 aromatic heterocycles. The Kier molecular flexibility index (Phi) is 8.17. The molecule has 1 aliphatic rings. The van der Waals surface area contributed by atoms with Gasteiger partial charge in [0, 0.05) is 12.1 Å². The van der Waals surface area contributed by atoms with Crippen LogP contribution in [0, 0.1) is 0 Å². The highest BCUT2D eigenvalue weighted by Crippen LogP contribution is 2.29. The minimum absolute atomic E-state index is 0.00976. The van der Waals surface area contributed by atoms with Gasteiger partial charge in [-0.05, 0) is 50.5 Å². The smallest absolute Gasteiger partial charge is 0.244 e. The quantitative estimate of drug-likeness (QED) is 0.686. The molecule has 1 aliphatic carbocycles. The van der Waals surface area contributed by atoms with Gasteiger partial charge in [-0.1, -0.05) is 25.3 Å². The van der Waals surface area contributed by atoms with Gasteiger partial charge in [0.05, 0.1) is 19.8 Å². The minimum atomic E-state index is -0.310. The SMILES string of the molecule is COc1cc(/C=C/C(=O)NCC(=O)NC2CCCCC2)ccc1OC(C)C. The van der Waals surface area contributed by atoms with E-state index in [1.54, 1.807) is 19.3 Å². The first-order chi connectivity index (χ1) is 13.0. The molecule has 6 heteroatoms. The normalized spacial score (nSPS) is 15.0. The van der Waals surface area contributed by atoms with Gasteiger partial charge >= 0.3 is 0 Å². The van der Waals surface area contributed by atoms with Crippen molar-refractivity contribution in [3.63, 3.8) is 0 Å². The zero-order valence-corrected chi connectivity index (χ0v) is 16.4. The topological polar surface area (TPSA) is 76.7 Å². The number of amides is 2. The summed E-state index contributed by atoms with van der Waals surface area (Å²) in [5.74, 6) is 0.822. The molecule has 0 radical (unpaired) electrons. The fourth-order valence-electron chi connectivity index (χ4n) is 3.06. The first-order valence-electron chi connectivity index (χ1n) is 9.58. The average Bonchev–Trinajstić information content (AvgIpc) is 2.66. The van der Waals surface area contributed by atoms with Gasteiger partial charge in [0.25, 0.3) is 0 Å². The molecule has 0 unspecified atom stereocenters. The van der Waals surface area contributed by atoms with Crippen molar-refractivity contribution < 1.29 is 19.1 Å². The Morgan fingerprint density at radius 2 is 1.93 bits per heavy atom. The summed E-state index contributed by atoms with van der Waals surface area (Å²) in [7, 11) is 1.58. The molecule has 6 nitrogen and oxygen atoms in total. The fourth-order valence-corrected chi connectivity index (χ4v) is 3.06. The van der Waals surface area contributed by atoms with Crippen molar-refractivity contribution in [1.29, 1.82) is 0 Å². The maximum absolute atomic E-state index is 11.9. The summed E-state index contributed by atoms with van der Waals surface area (Å²) in [6, 6.07) is 5.71. The molecular weight excluding hydrogens is 344 g/mol. The van der Waals surface area contributed by atoms with E-state index in [1.165, 1.54) is 12.5 Å². The molecule has 0 spiro atoms. The summed E-state index contributed by atoms with van der Waals surface area (Å²) in [4.78, 5) is 23.9. The second-order valence-electron chi connectivity index (χ2n) is 7.03. The molecule has 2 rings (SSSR count). The molecule has 1 aromatic carbocycles. The van der Waals surface area contributed by atoms with E-state index in [1.807, 2.05) is 26.0 Å². The zero-order valence-electron chi connectivity index (χ0n) is 16.4. The van der Waals surface area contributed by atoms with E-state index >= 15 is 0 Å². The summed E-state index contributed by atoms with van der Waals surface area (Å²) >= 11 is 0. The van der Waals surface area contributed by atoms with Gasteiger partial charge in [-0.15, -0.1) is 0 Å². The van der Waals surface area contributed by atoms with Crippen molar-refractivity contribution in [2.75, 3.05) is 13.7 Å². The van der Waals surface area contributed by atoms with Crippen LogP contribution in [-0.2, 0) is 9.59 Å². The standard InChI is InChI=1S/C21H30N2O4/c1-15(2)27-18-11-9-16(13-19(18)26-3)10-12-20(24)22-14-21(25)23-17-7-5-4-6-8-17/h9-13,15,17H,4-8,14H2,1-3H3,(H,22,24)(H,23,25)/b12-10+. The number of carbonyl (C=O) groups is 2. The van der Waals surface area contributed by atoms with Crippen molar-refractivity contribution in [3.05, 3.63) is 29.8 Å². The molecule has 2 N–H and O–H groups in total. The first-order valence-corrected chi connectivity index (χ1v) is 9.58. The van der Waals surface area contributed by atoms with Crippen LogP contribution < -0.4 is 20.1 Å². The summed E-state index contributed by atoms with van der Waals surface area (Å²) in [6.45, 7) is 3.88. The highest BCUT2D eigenvalue weighted by atomic mass is 16.5. The van der Waals surface area contributed by atoms with Crippen molar-refractivity contribution in [1.82, 2.24) is 10.6 Å². The molecule has 2 amide bonds. The number of methoxy groups -OCH3 is 1.